The molecule has 0 saturated heterocycles. The normalized spacial score (nSPS) is 12.6. The van der Waals surface area contributed by atoms with Crippen molar-refractivity contribution in [1.82, 2.24) is 14.8 Å². The van der Waals surface area contributed by atoms with Crippen LogP contribution in [0.5, 0.6) is 0 Å². The van der Waals surface area contributed by atoms with Crippen molar-refractivity contribution in [3.8, 4) is 11.4 Å². The lowest BCUT2D eigenvalue weighted by atomic mass is 10.0. The quantitative estimate of drug-likeness (QED) is 0.301. The van der Waals surface area contributed by atoms with Gasteiger partial charge in [-0.15, -0.1) is 10.2 Å². The first-order valence-electron chi connectivity index (χ1n) is 11.3. The summed E-state index contributed by atoms with van der Waals surface area (Å²) in [6.45, 7) is 6.44. The Kier molecular flexibility index (Phi) is 9.21. The zero-order valence-corrected chi connectivity index (χ0v) is 22.3. The Morgan fingerprint density at radius 3 is 2.54 bits per heavy atom. The summed E-state index contributed by atoms with van der Waals surface area (Å²) in [5.74, 6) is 0.757. The fourth-order valence-corrected chi connectivity index (χ4v) is 5.75. The van der Waals surface area contributed by atoms with Gasteiger partial charge in [-0.05, 0) is 43.5 Å². The van der Waals surface area contributed by atoms with Crippen LogP contribution in [0, 0.1) is 5.92 Å². The van der Waals surface area contributed by atoms with Crippen molar-refractivity contribution < 1.29 is 13.2 Å². The molecule has 1 aromatic heterocycles. The maximum Gasteiger partial charge on any atom is 0.261 e. The van der Waals surface area contributed by atoms with E-state index in [4.69, 9.17) is 17.3 Å². The van der Waals surface area contributed by atoms with Crippen LogP contribution in [0.15, 0.2) is 58.6 Å². The summed E-state index contributed by atoms with van der Waals surface area (Å²) in [4.78, 5) is 11.4. The monoisotopic (exact) mass is 535 g/mol. The molecule has 0 aliphatic carbocycles. The zero-order chi connectivity index (χ0) is 25.6. The van der Waals surface area contributed by atoms with Crippen LogP contribution in [0.4, 0.5) is 5.69 Å². The fourth-order valence-electron chi connectivity index (χ4n) is 3.61. The summed E-state index contributed by atoms with van der Waals surface area (Å²) in [5, 5.41) is 9.51. The summed E-state index contributed by atoms with van der Waals surface area (Å²) in [6.07, 6.45) is 3.00. The van der Waals surface area contributed by atoms with Gasteiger partial charge in [0.25, 0.3) is 10.0 Å². The molecule has 3 aromatic rings. The average Bonchev–Trinajstić information content (AvgIpc) is 3.23. The Morgan fingerprint density at radius 1 is 1.11 bits per heavy atom. The van der Waals surface area contributed by atoms with Crippen LogP contribution in [0.3, 0.4) is 0 Å². The fraction of sp³-hybridized carbons (Fsp3) is 0.375. The first-order valence-corrected chi connectivity index (χ1v) is 14.2. The first kappa shape index (κ1) is 27.0. The van der Waals surface area contributed by atoms with E-state index in [2.05, 4.69) is 35.7 Å². The van der Waals surface area contributed by atoms with Crippen molar-refractivity contribution in [2.75, 3.05) is 10.5 Å². The standard InChI is InChI=1S/C24H30ClN5O3S2/c1-16(2)8-6-9-17(3)30-23(27-28-24(30)34-15-22(26)31)18-10-7-11-19(14-18)35(32,33)29-21-13-5-4-12-20(21)25/h4-5,7,10-14,16-17,29H,6,8-9,15H2,1-3H3,(H2,26,31). The molecule has 11 heteroatoms. The summed E-state index contributed by atoms with van der Waals surface area (Å²) < 4.78 is 30.6. The van der Waals surface area contributed by atoms with Gasteiger partial charge >= 0.3 is 0 Å². The van der Waals surface area contributed by atoms with Crippen LogP contribution in [-0.2, 0) is 14.8 Å². The molecule has 0 radical (unpaired) electrons. The second-order valence-electron chi connectivity index (χ2n) is 8.72. The molecule has 0 saturated carbocycles. The van der Waals surface area contributed by atoms with Gasteiger partial charge in [0.05, 0.1) is 21.4 Å². The SMILES string of the molecule is CC(C)CCCC(C)n1c(SCC(N)=O)nnc1-c1cccc(S(=O)(=O)Nc2ccccc2Cl)c1. The van der Waals surface area contributed by atoms with E-state index in [-0.39, 0.29) is 16.7 Å². The van der Waals surface area contributed by atoms with Gasteiger partial charge in [0.2, 0.25) is 5.91 Å². The van der Waals surface area contributed by atoms with Crippen molar-refractivity contribution in [1.29, 1.82) is 0 Å². The van der Waals surface area contributed by atoms with Gasteiger partial charge in [-0.2, -0.15) is 0 Å². The van der Waals surface area contributed by atoms with Crippen molar-refractivity contribution in [3.63, 3.8) is 0 Å². The lowest BCUT2D eigenvalue weighted by molar-refractivity contribution is -0.115. The molecule has 1 unspecified atom stereocenters. The summed E-state index contributed by atoms with van der Waals surface area (Å²) in [5.41, 5.74) is 6.24. The minimum absolute atomic E-state index is 0.0376. The van der Waals surface area contributed by atoms with Gasteiger partial charge in [0.15, 0.2) is 11.0 Å². The molecule has 1 atom stereocenters. The number of hydrogen-bond donors (Lipinski definition) is 2. The van der Waals surface area contributed by atoms with E-state index in [9.17, 15) is 13.2 Å². The molecular formula is C24H30ClN5O3S2. The van der Waals surface area contributed by atoms with Gasteiger partial charge < -0.3 is 5.73 Å². The molecule has 0 spiro atoms. The van der Waals surface area contributed by atoms with Crippen LogP contribution in [0.25, 0.3) is 11.4 Å². The first-order chi connectivity index (χ1) is 16.6. The predicted octanol–water partition coefficient (Wildman–Crippen LogP) is 5.36. The number of carbonyl (C=O) groups is 1. The number of carbonyl (C=O) groups excluding carboxylic acids is 1. The van der Waals surface area contributed by atoms with E-state index in [0.29, 0.717) is 33.2 Å². The van der Waals surface area contributed by atoms with E-state index in [1.54, 1.807) is 42.5 Å². The number of benzene rings is 2. The largest absolute Gasteiger partial charge is 0.369 e. The molecule has 0 aliphatic rings. The summed E-state index contributed by atoms with van der Waals surface area (Å²) in [7, 11) is -3.90. The highest BCUT2D eigenvalue weighted by molar-refractivity contribution is 7.99. The highest BCUT2D eigenvalue weighted by Gasteiger charge is 2.22. The van der Waals surface area contributed by atoms with Gasteiger partial charge in [-0.3, -0.25) is 14.1 Å². The smallest absolute Gasteiger partial charge is 0.261 e. The molecule has 0 aliphatic heterocycles. The number of sulfonamides is 1. The molecule has 3 rings (SSSR count). The van der Waals surface area contributed by atoms with Gasteiger partial charge in [-0.1, -0.05) is 74.3 Å². The minimum atomic E-state index is -3.90. The predicted molar refractivity (Wildman–Crippen MR) is 141 cm³/mol. The van der Waals surface area contributed by atoms with Crippen molar-refractivity contribution in [2.45, 2.75) is 56.1 Å². The number of nitrogens with one attached hydrogen (secondary N) is 1. The minimum Gasteiger partial charge on any atom is -0.369 e. The summed E-state index contributed by atoms with van der Waals surface area (Å²) in [6, 6.07) is 13.2. The topological polar surface area (TPSA) is 120 Å². The highest BCUT2D eigenvalue weighted by atomic mass is 35.5. The molecule has 0 fully saturated rings. The van der Waals surface area contributed by atoms with Crippen molar-refractivity contribution in [3.05, 3.63) is 53.6 Å². The number of para-hydroxylation sites is 1. The van der Waals surface area contributed by atoms with Crippen molar-refractivity contribution >= 4 is 45.0 Å². The third kappa shape index (κ3) is 7.22. The zero-order valence-electron chi connectivity index (χ0n) is 19.9. The number of hydrogen-bond acceptors (Lipinski definition) is 6. The molecule has 8 nitrogen and oxygen atoms in total. The van der Waals surface area contributed by atoms with E-state index in [0.717, 1.165) is 19.3 Å². The number of amides is 1. The Morgan fingerprint density at radius 2 is 1.86 bits per heavy atom. The second kappa shape index (κ2) is 11.9. The lowest BCUT2D eigenvalue weighted by Gasteiger charge is -2.19. The molecule has 35 heavy (non-hydrogen) atoms. The van der Waals surface area contributed by atoms with Crippen LogP contribution in [-0.4, -0.2) is 34.8 Å². The number of primary amides is 1. The third-order valence-electron chi connectivity index (χ3n) is 5.37. The Hall–Kier alpha value is -2.56. The number of rotatable bonds is 12. The number of nitrogens with two attached hydrogens (primary N) is 1. The van der Waals surface area contributed by atoms with Crippen LogP contribution in [0.2, 0.25) is 5.02 Å². The van der Waals surface area contributed by atoms with E-state index in [1.165, 1.54) is 17.8 Å². The molecule has 3 N–H and O–H groups in total. The van der Waals surface area contributed by atoms with Crippen molar-refractivity contribution in [2.24, 2.45) is 11.7 Å². The van der Waals surface area contributed by atoms with Crippen LogP contribution in [0.1, 0.15) is 46.1 Å². The van der Waals surface area contributed by atoms with Gasteiger partial charge in [0.1, 0.15) is 0 Å². The van der Waals surface area contributed by atoms with Crippen LogP contribution >= 0.6 is 23.4 Å². The Balaban J connectivity index is 1.96. The highest BCUT2D eigenvalue weighted by Crippen LogP contribution is 2.32. The molecule has 1 heterocycles. The molecule has 0 bridgehead atoms. The maximum atomic E-state index is 13.1. The Labute approximate surface area is 215 Å². The molecular weight excluding hydrogens is 506 g/mol. The van der Waals surface area contributed by atoms with E-state index < -0.39 is 15.9 Å². The van der Waals surface area contributed by atoms with E-state index in [1.807, 2.05) is 4.57 Å². The Bertz CT molecular complexity index is 1280. The van der Waals surface area contributed by atoms with Gasteiger partial charge in [-0.25, -0.2) is 8.42 Å². The van der Waals surface area contributed by atoms with E-state index >= 15 is 0 Å². The van der Waals surface area contributed by atoms with Crippen LogP contribution < -0.4 is 10.5 Å². The third-order valence-corrected chi connectivity index (χ3v) is 8.03. The average molecular weight is 536 g/mol. The number of halogens is 1. The maximum absolute atomic E-state index is 13.1. The number of anilines is 1. The number of nitrogens with zero attached hydrogens (tertiary/aromatic N) is 3. The molecule has 2 aromatic carbocycles. The molecule has 1 amide bonds. The van der Waals surface area contributed by atoms with Gasteiger partial charge in [0, 0.05) is 11.6 Å². The molecule has 188 valence electrons. The number of aromatic nitrogens is 3. The second-order valence-corrected chi connectivity index (χ2v) is 11.8. The summed E-state index contributed by atoms with van der Waals surface area (Å²) >= 11 is 7.35. The lowest BCUT2D eigenvalue weighted by Crippen LogP contribution is -2.15. The number of thioether (sulfide) groups is 1.